The van der Waals surface area contributed by atoms with Gasteiger partial charge in [-0.2, -0.15) is 0 Å². The first-order valence-electron chi connectivity index (χ1n) is 22.3. The van der Waals surface area contributed by atoms with Gasteiger partial charge in [0.25, 0.3) is 0 Å². The SMILES string of the molecule is c1ccc(-c2ccc(N(c3ccc(-c4ccccc4)cc3)c3cc4ccc5cc(-c6c7c(c(-c8ccccc8)c8c6CCCC8)CCCC7)cc6ccc(c3)c4c56)cc2)cc1. The lowest BCUT2D eigenvalue weighted by Gasteiger charge is -2.32. The molecule has 0 saturated carbocycles. The lowest BCUT2D eigenvalue weighted by atomic mass is 9.72. The van der Waals surface area contributed by atoms with Gasteiger partial charge in [-0.3, -0.25) is 0 Å². The van der Waals surface area contributed by atoms with Gasteiger partial charge in [0.15, 0.2) is 0 Å². The molecule has 10 aromatic rings. The highest BCUT2D eigenvalue weighted by atomic mass is 15.1. The molecule has 2 aliphatic carbocycles. The van der Waals surface area contributed by atoms with Gasteiger partial charge in [0.05, 0.1) is 0 Å². The van der Waals surface area contributed by atoms with Crippen molar-refractivity contribution in [2.24, 2.45) is 0 Å². The summed E-state index contributed by atoms with van der Waals surface area (Å²) < 4.78 is 0. The van der Waals surface area contributed by atoms with Crippen molar-refractivity contribution in [2.75, 3.05) is 4.90 Å². The molecule has 0 aromatic heterocycles. The molecule has 0 amide bonds. The molecule has 0 radical (unpaired) electrons. The first-order valence-corrected chi connectivity index (χ1v) is 22.3. The van der Waals surface area contributed by atoms with Crippen molar-refractivity contribution in [3.8, 4) is 44.5 Å². The molecule has 0 N–H and O–H groups in total. The summed E-state index contributed by atoms with van der Waals surface area (Å²) >= 11 is 0. The zero-order valence-electron chi connectivity index (χ0n) is 34.5. The van der Waals surface area contributed by atoms with Crippen LogP contribution in [0.3, 0.4) is 0 Å². The van der Waals surface area contributed by atoms with E-state index >= 15 is 0 Å². The molecule has 1 nitrogen and oxygen atoms in total. The van der Waals surface area contributed by atoms with Crippen molar-refractivity contribution in [1.82, 2.24) is 0 Å². The maximum Gasteiger partial charge on any atom is 0.0473 e. The van der Waals surface area contributed by atoms with Crippen molar-refractivity contribution in [3.05, 3.63) is 210 Å². The molecule has 0 unspecified atom stereocenters. The van der Waals surface area contributed by atoms with E-state index in [9.17, 15) is 0 Å². The summed E-state index contributed by atoms with van der Waals surface area (Å²) in [5, 5.41) is 7.95. The number of benzene rings is 10. The summed E-state index contributed by atoms with van der Waals surface area (Å²) in [6, 6.07) is 70.1. The number of nitrogens with zero attached hydrogens (tertiary/aromatic N) is 1. The van der Waals surface area contributed by atoms with Crippen LogP contribution in [0, 0.1) is 0 Å². The van der Waals surface area contributed by atoms with Gasteiger partial charge in [-0.05, 0) is 199 Å². The topological polar surface area (TPSA) is 3.24 Å². The van der Waals surface area contributed by atoms with Crippen LogP contribution in [-0.4, -0.2) is 0 Å². The maximum atomic E-state index is 2.53. The number of rotatable bonds is 7. The summed E-state index contributed by atoms with van der Waals surface area (Å²) in [5.41, 5.74) is 20.7. The standard InChI is InChI=1S/C60H47N/c1-4-14-40(15-5-1)42-28-32-50(33-29-42)61(51-34-30-43(31-35-51)41-16-6-2-7-17-41)52-38-47-26-24-45-36-49(37-46-25-27-48(39-52)58(47)57(45)46)60-55-22-12-10-20-53(55)59(44-18-8-3-9-19-44)54-21-11-13-23-56(54)60/h1-9,14-19,24-39H,10-13,20-23H2. The smallest absolute Gasteiger partial charge is 0.0473 e. The Morgan fingerprint density at radius 2 is 0.590 bits per heavy atom. The Bertz CT molecular complexity index is 3010. The largest absolute Gasteiger partial charge is 0.310 e. The molecular formula is C60H47N. The first-order chi connectivity index (χ1) is 30.2. The third-order valence-electron chi connectivity index (χ3n) is 13.7. The maximum absolute atomic E-state index is 2.53. The fourth-order valence-corrected chi connectivity index (χ4v) is 11.0. The Balaban J connectivity index is 0.998. The van der Waals surface area contributed by atoms with Gasteiger partial charge >= 0.3 is 0 Å². The molecule has 0 saturated heterocycles. The lowest BCUT2D eigenvalue weighted by Crippen LogP contribution is -2.15. The second kappa shape index (κ2) is 14.9. The van der Waals surface area contributed by atoms with E-state index in [1.165, 1.54) is 117 Å². The molecule has 292 valence electrons. The van der Waals surface area contributed by atoms with E-state index in [1.54, 1.807) is 33.4 Å². The van der Waals surface area contributed by atoms with Gasteiger partial charge in [-0.15, -0.1) is 0 Å². The van der Waals surface area contributed by atoms with Crippen LogP contribution in [0.5, 0.6) is 0 Å². The van der Waals surface area contributed by atoms with Crippen LogP contribution in [0.25, 0.3) is 76.8 Å². The van der Waals surface area contributed by atoms with E-state index in [4.69, 9.17) is 0 Å². The van der Waals surface area contributed by atoms with Crippen molar-refractivity contribution in [3.63, 3.8) is 0 Å². The average Bonchev–Trinajstić information content (AvgIpc) is 3.33. The summed E-state index contributed by atoms with van der Waals surface area (Å²) in [5.74, 6) is 0. The van der Waals surface area contributed by atoms with Gasteiger partial charge in [-0.1, -0.05) is 140 Å². The Kier molecular flexibility index (Phi) is 8.80. The van der Waals surface area contributed by atoms with Gasteiger partial charge in [0.2, 0.25) is 0 Å². The highest BCUT2D eigenvalue weighted by Crippen LogP contribution is 2.48. The number of hydrogen-bond acceptors (Lipinski definition) is 1. The molecular weight excluding hydrogens is 735 g/mol. The van der Waals surface area contributed by atoms with Crippen molar-refractivity contribution in [1.29, 1.82) is 0 Å². The average molecular weight is 782 g/mol. The molecule has 0 fully saturated rings. The zero-order valence-corrected chi connectivity index (χ0v) is 34.5. The Morgan fingerprint density at radius 1 is 0.262 bits per heavy atom. The minimum Gasteiger partial charge on any atom is -0.310 e. The van der Waals surface area contributed by atoms with Gasteiger partial charge in [-0.25, -0.2) is 0 Å². The monoisotopic (exact) mass is 781 g/mol. The summed E-state index contributed by atoms with van der Waals surface area (Å²) in [6.07, 6.45) is 9.82. The van der Waals surface area contributed by atoms with Crippen molar-refractivity contribution in [2.45, 2.75) is 51.4 Å². The number of anilines is 3. The van der Waals surface area contributed by atoms with E-state index in [0.717, 1.165) is 17.1 Å². The van der Waals surface area contributed by atoms with Crippen LogP contribution >= 0.6 is 0 Å². The fraction of sp³-hybridized carbons (Fsp3) is 0.133. The highest BCUT2D eigenvalue weighted by molar-refractivity contribution is 6.24. The van der Waals surface area contributed by atoms with Crippen LogP contribution < -0.4 is 4.90 Å². The number of hydrogen-bond donors (Lipinski definition) is 0. The molecule has 0 bridgehead atoms. The molecule has 0 aliphatic heterocycles. The summed E-state index contributed by atoms with van der Waals surface area (Å²) in [6.45, 7) is 0. The minimum absolute atomic E-state index is 1.13. The predicted octanol–water partition coefficient (Wildman–Crippen LogP) is 16.5. The first kappa shape index (κ1) is 35.9. The molecule has 0 spiro atoms. The second-order valence-corrected chi connectivity index (χ2v) is 17.3. The summed E-state index contributed by atoms with van der Waals surface area (Å²) in [7, 11) is 0. The highest BCUT2D eigenvalue weighted by Gasteiger charge is 2.28. The van der Waals surface area contributed by atoms with E-state index in [1.807, 2.05) is 0 Å². The minimum atomic E-state index is 1.13. The van der Waals surface area contributed by atoms with Crippen LogP contribution in [0.4, 0.5) is 17.1 Å². The fourth-order valence-electron chi connectivity index (χ4n) is 11.0. The Labute approximate surface area is 358 Å². The van der Waals surface area contributed by atoms with Crippen molar-refractivity contribution >= 4 is 49.4 Å². The second-order valence-electron chi connectivity index (χ2n) is 17.3. The number of fused-ring (bicyclic) bond motifs is 2. The third kappa shape index (κ3) is 6.22. The lowest BCUT2D eigenvalue weighted by molar-refractivity contribution is 0.663. The van der Waals surface area contributed by atoms with Crippen molar-refractivity contribution < 1.29 is 0 Å². The van der Waals surface area contributed by atoms with Crippen LogP contribution in [0.1, 0.15) is 47.9 Å². The van der Waals surface area contributed by atoms with Crippen LogP contribution in [0.15, 0.2) is 188 Å². The molecule has 0 heterocycles. The molecule has 0 atom stereocenters. The third-order valence-corrected chi connectivity index (χ3v) is 13.7. The predicted molar refractivity (Wildman–Crippen MR) is 260 cm³/mol. The van der Waals surface area contributed by atoms with Gasteiger partial charge in [0.1, 0.15) is 0 Å². The van der Waals surface area contributed by atoms with Crippen LogP contribution in [-0.2, 0) is 25.7 Å². The summed E-state index contributed by atoms with van der Waals surface area (Å²) in [4.78, 5) is 2.42. The van der Waals surface area contributed by atoms with Crippen LogP contribution in [0.2, 0.25) is 0 Å². The van der Waals surface area contributed by atoms with E-state index in [-0.39, 0.29) is 0 Å². The quantitative estimate of drug-likeness (QED) is 0.146. The molecule has 61 heavy (non-hydrogen) atoms. The zero-order chi connectivity index (χ0) is 40.3. The van der Waals surface area contributed by atoms with Gasteiger partial charge < -0.3 is 4.90 Å². The normalized spacial score (nSPS) is 13.7. The van der Waals surface area contributed by atoms with E-state index in [0.29, 0.717) is 0 Å². The van der Waals surface area contributed by atoms with Gasteiger partial charge in [0, 0.05) is 17.1 Å². The Hall–Kier alpha value is -6.96. The molecule has 10 aromatic carbocycles. The molecule has 12 rings (SSSR count). The van der Waals surface area contributed by atoms with E-state index in [2.05, 4.69) is 193 Å². The Morgan fingerprint density at radius 3 is 0.984 bits per heavy atom. The molecule has 1 heteroatoms. The molecule has 2 aliphatic rings. The van der Waals surface area contributed by atoms with E-state index < -0.39 is 0 Å².